The van der Waals surface area contributed by atoms with E-state index >= 15 is 0 Å². The minimum atomic E-state index is 0.330. The van der Waals surface area contributed by atoms with Crippen molar-refractivity contribution in [3.8, 4) is 0 Å². The third-order valence-electron chi connectivity index (χ3n) is 2.84. The van der Waals surface area contributed by atoms with Crippen molar-refractivity contribution in [2.45, 2.75) is 73.6 Å². The molecular weight excluding hydrogens is 184 g/mol. The largest absolute Gasteiger partial charge is 0.300 e. The molecule has 0 fully saturated rings. The summed E-state index contributed by atoms with van der Waals surface area (Å²) in [5, 5.41) is 0. The molecule has 0 aliphatic heterocycles. The number of Topliss-reactive ketones (excluding diaryl/α,β-unsaturated/α-hetero) is 1. The van der Waals surface area contributed by atoms with Crippen molar-refractivity contribution in [3.05, 3.63) is 0 Å². The molecule has 0 bridgehead atoms. The second kappa shape index (κ2) is 11.7. The lowest BCUT2D eigenvalue weighted by Gasteiger charge is -2.20. The molecule has 0 spiro atoms. The average Bonchev–Trinajstić information content (AvgIpc) is 2.19. The van der Waals surface area contributed by atoms with Gasteiger partial charge in [-0.05, 0) is 25.2 Å². The first-order valence-corrected chi connectivity index (χ1v) is 6.52. The molecule has 0 aliphatic carbocycles. The van der Waals surface area contributed by atoms with E-state index in [9.17, 15) is 4.79 Å². The molecule has 0 aromatic rings. The van der Waals surface area contributed by atoms with Gasteiger partial charge in [0.15, 0.2) is 0 Å². The molecule has 0 N–H and O–H groups in total. The minimum Gasteiger partial charge on any atom is -0.300 e. The Balaban J connectivity index is 0. The summed E-state index contributed by atoms with van der Waals surface area (Å²) in [4.78, 5) is 10.8. The zero-order valence-corrected chi connectivity index (χ0v) is 11.6. The second-order valence-electron chi connectivity index (χ2n) is 4.50. The van der Waals surface area contributed by atoms with Crippen LogP contribution in [0.1, 0.15) is 73.6 Å². The Morgan fingerprint density at radius 2 is 1.53 bits per heavy atom. The van der Waals surface area contributed by atoms with Crippen LogP contribution in [-0.2, 0) is 4.79 Å². The number of rotatable bonds is 6. The molecule has 0 rings (SSSR count). The Morgan fingerprint density at radius 1 is 1.07 bits per heavy atom. The maximum atomic E-state index is 10.8. The minimum absolute atomic E-state index is 0.330. The topological polar surface area (TPSA) is 17.1 Å². The van der Waals surface area contributed by atoms with Gasteiger partial charge in [-0.25, -0.2) is 0 Å². The van der Waals surface area contributed by atoms with E-state index in [1.807, 2.05) is 0 Å². The summed E-state index contributed by atoms with van der Waals surface area (Å²) in [7, 11) is 0. The second-order valence-corrected chi connectivity index (χ2v) is 4.50. The molecule has 0 heterocycles. The fourth-order valence-corrected chi connectivity index (χ4v) is 1.61. The number of hydrogen-bond acceptors (Lipinski definition) is 1. The van der Waals surface area contributed by atoms with E-state index in [2.05, 4.69) is 34.6 Å². The van der Waals surface area contributed by atoms with Crippen LogP contribution in [-0.4, -0.2) is 5.78 Å². The van der Waals surface area contributed by atoms with E-state index in [1.165, 1.54) is 19.3 Å². The van der Waals surface area contributed by atoms with Gasteiger partial charge in [-0.3, -0.25) is 0 Å². The molecule has 0 aliphatic rings. The van der Waals surface area contributed by atoms with Gasteiger partial charge in [0, 0.05) is 6.42 Å². The molecule has 0 saturated carbocycles. The van der Waals surface area contributed by atoms with E-state index in [1.54, 1.807) is 6.92 Å². The van der Waals surface area contributed by atoms with Crippen LogP contribution < -0.4 is 0 Å². The van der Waals surface area contributed by atoms with Gasteiger partial charge in [0.25, 0.3) is 0 Å². The van der Waals surface area contributed by atoms with Crippen LogP contribution in [0.5, 0.6) is 0 Å². The first kappa shape index (κ1) is 17.1. The van der Waals surface area contributed by atoms with Crippen LogP contribution in [0.3, 0.4) is 0 Å². The monoisotopic (exact) mass is 214 g/mol. The highest BCUT2D eigenvalue weighted by molar-refractivity contribution is 5.75. The van der Waals surface area contributed by atoms with E-state index in [0.717, 1.165) is 24.7 Å². The molecule has 0 radical (unpaired) electrons. The Hall–Kier alpha value is -0.330. The molecule has 0 saturated heterocycles. The van der Waals surface area contributed by atoms with Crippen LogP contribution in [0.15, 0.2) is 0 Å². The van der Waals surface area contributed by atoms with Crippen LogP contribution in [0.25, 0.3) is 0 Å². The number of carbonyl (C=O) groups excluding carboxylic acids is 1. The van der Waals surface area contributed by atoms with E-state index in [0.29, 0.717) is 5.78 Å². The normalized spacial score (nSPS) is 13.7. The molecule has 92 valence electrons. The Labute approximate surface area is 96.7 Å². The highest BCUT2D eigenvalue weighted by atomic mass is 16.1. The smallest absolute Gasteiger partial charge is 0.129 e. The summed E-state index contributed by atoms with van der Waals surface area (Å²) in [6.45, 7) is 12.7. The molecule has 15 heavy (non-hydrogen) atoms. The lowest BCUT2D eigenvalue weighted by atomic mass is 9.85. The summed E-state index contributed by atoms with van der Waals surface area (Å²) < 4.78 is 0. The van der Waals surface area contributed by atoms with Gasteiger partial charge in [-0.2, -0.15) is 0 Å². The number of ketones is 1. The van der Waals surface area contributed by atoms with Gasteiger partial charge < -0.3 is 4.79 Å². The van der Waals surface area contributed by atoms with E-state index in [4.69, 9.17) is 0 Å². The van der Waals surface area contributed by atoms with Crippen LogP contribution in [0.4, 0.5) is 0 Å². The standard InChI is InChI=1S/C11H22O.C3H8/c1-5-9(3)11(6-2)8-7-10(4)12;1-3-2/h9,11H,5-8H2,1-4H3;3H2,1-2H3. The molecule has 0 aromatic carbocycles. The summed E-state index contributed by atoms with van der Waals surface area (Å²) in [5.74, 6) is 1.85. The van der Waals surface area contributed by atoms with Crippen molar-refractivity contribution in [3.63, 3.8) is 0 Å². The van der Waals surface area contributed by atoms with Crippen molar-refractivity contribution < 1.29 is 4.79 Å². The zero-order chi connectivity index (χ0) is 12.3. The van der Waals surface area contributed by atoms with Crippen LogP contribution >= 0.6 is 0 Å². The molecule has 0 amide bonds. The maximum Gasteiger partial charge on any atom is 0.129 e. The van der Waals surface area contributed by atoms with Crippen molar-refractivity contribution >= 4 is 5.78 Å². The number of carbonyl (C=O) groups is 1. The van der Waals surface area contributed by atoms with Gasteiger partial charge in [0.2, 0.25) is 0 Å². The van der Waals surface area contributed by atoms with Gasteiger partial charge in [0.05, 0.1) is 0 Å². The fourth-order valence-electron chi connectivity index (χ4n) is 1.61. The predicted molar refractivity (Wildman–Crippen MR) is 69.1 cm³/mol. The lowest BCUT2D eigenvalue weighted by molar-refractivity contribution is -0.117. The molecule has 1 heteroatoms. The SMILES string of the molecule is CCC.CCC(C)C(CC)CCC(C)=O. The predicted octanol–water partition coefficient (Wildman–Crippen LogP) is 4.84. The third-order valence-corrected chi connectivity index (χ3v) is 2.84. The van der Waals surface area contributed by atoms with Gasteiger partial charge in [-0.1, -0.05) is 53.9 Å². The first-order chi connectivity index (χ1) is 7.03. The van der Waals surface area contributed by atoms with Crippen molar-refractivity contribution in [1.82, 2.24) is 0 Å². The molecule has 2 unspecified atom stereocenters. The van der Waals surface area contributed by atoms with Crippen molar-refractivity contribution in [2.75, 3.05) is 0 Å². The average molecular weight is 214 g/mol. The lowest BCUT2D eigenvalue weighted by Crippen LogP contribution is -2.11. The fraction of sp³-hybridized carbons (Fsp3) is 0.929. The maximum absolute atomic E-state index is 10.8. The van der Waals surface area contributed by atoms with Gasteiger partial charge in [0.1, 0.15) is 5.78 Å². The van der Waals surface area contributed by atoms with Crippen molar-refractivity contribution in [2.24, 2.45) is 11.8 Å². The Morgan fingerprint density at radius 3 is 1.80 bits per heavy atom. The molecular formula is C14H30O. The summed E-state index contributed by atoms with van der Waals surface area (Å²) >= 11 is 0. The van der Waals surface area contributed by atoms with Crippen molar-refractivity contribution in [1.29, 1.82) is 0 Å². The molecule has 2 atom stereocenters. The van der Waals surface area contributed by atoms with Crippen LogP contribution in [0, 0.1) is 11.8 Å². The zero-order valence-electron chi connectivity index (χ0n) is 11.6. The number of hydrogen-bond donors (Lipinski definition) is 0. The summed E-state index contributed by atoms with van der Waals surface area (Å²) in [5.41, 5.74) is 0. The highest BCUT2D eigenvalue weighted by Gasteiger charge is 2.13. The third kappa shape index (κ3) is 11.6. The quantitative estimate of drug-likeness (QED) is 0.618. The van der Waals surface area contributed by atoms with Gasteiger partial charge in [-0.15, -0.1) is 0 Å². The highest BCUT2D eigenvalue weighted by Crippen LogP contribution is 2.23. The Bertz CT molecular complexity index is 140. The van der Waals surface area contributed by atoms with E-state index < -0.39 is 0 Å². The van der Waals surface area contributed by atoms with Gasteiger partial charge >= 0.3 is 0 Å². The molecule has 1 nitrogen and oxygen atoms in total. The summed E-state index contributed by atoms with van der Waals surface area (Å²) in [6, 6.07) is 0. The first-order valence-electron chi connectivity index (χ1n) is 6.52. The van der Waals surface area contributed by atoms with E-state index in [-0.39, 0.29) is 0 Å². The Kier molecular flexibility index (Phi) is 13.4. The van der Waals surface area contributed by atoms with Crippen LogP contribution in [0.2, 0.25) is 0 Å². The molecule has 0 aromatic heterocycles. The summed E-state index contributed by atoms with van der Waals surface area (Å²) in [6.07, 6.45) is 5.54.